The molecule has 1 fully saturated rings. The Morgan fingerprint density at radius 3 is 2.50 bits per heavy atom. The Balaban J connectivity index is 1.44. The fourth-order valence-corrected chi connectivity index (χ4v) is 3.32. The van der Waals surface area contributed by atoms with Crippen molar-refractivity contribution in [3.05, 3.63) is 66.1 Å². The number of nitrogens with one attached hydrogen (secondary N) is 1. The van der Waals surface area contributed by atoms with Crippen LogP contribution in [0.4, 0.5) is 14.5 Å². The highest BCUT2D eigenvalue weighted by atomic mass is 19.1. The van der Waals surface area contributed by atoms with Crippen LogP contribution < -0.4 is 4.90 Å². The van der Waals surface area contributed by atoms with Gasteiger partial charge in [0.2, 0.25) is 0 Å². The molecular formula is C19H19F2N5. The zero-order chi connectivity index (χ0) is 17.9. The third-order valence-corrected chi connectivity index (χ3v) is 4.71. The quantitative estimate of drug-likeness (QED) is 0.781. The lowest BCUT2D eigenvalue weighted by Gasteiger charge is -2.36. The van der Waals surface area contributed by atoms with Crippen LogP contribution in [0.15, 0.2) is 48.9 Å². The highest BCUT2D eigenvalue weighted by Crippen LogP contribution is 2.26. The fourth-order valence-electron chi connectivity index (χ4n) is 3.32. The number of rotatable bonds is 4. The maximum atomic E-state index is 14.1. The number of piperazine rings is 1. The number of halogens is 2. The smallest absolute Gasteiger partial charge is 0.135 e. The van der Waals surface area contributed by atoms with Gasteiger partial charge in [0.15, 0.2) is 0 Å². The lowest BCUT2D eigenvalue weighted by molar-refractivity contribution is 0.250. The van der Waals surface area contributed by atoms with Crippen LogP contribution in [-0.2, 0) is 6.54 Å². The number of aromatic nitrogens is 3. The van der Waals surface area contributed by atoms with Gasteiger partial charge in [0.25, 0.3) is 0 Å². The minimum atomic E-state index is -0.585. The van der Waals surface area contributed by atoms with E-state index in [9.17, 15) is 8.78 Å². The van der Waals surface area contributed by atoms with Crippen molar-refractivity contribution in [1.29, 1.82) is 0 Å². The van der Waals surface area contributed by atoms with Crippen LogP contribution >= 0.6 is 0 Å². The van der Waals surface area contributed by atoms with E-state index in [4.69, 9.17) is 0 Å². The van der Waals surface area contributed by atoms with Gasteiger partial charge in [0.05, 0.1) is 11.9 Å². The summed E-state index contributed by atoms with van der Waals surface area (Å²) in [6.07, 6.45) is 5.32. The maximum absolute atomic E-state index is 14.1. The molecule has 0 saturated carbocycles. The van der Waals surface area contributed by atoms with Gasteiger partial charge in [0, 0.05) is 68.0 Å². The number of anilines is 1. The van der Waals surface area contributed by atoms with Gasteiger partial charge in [-0.2, -0.15) is 5.10 Å². The summed E-state index contributed by atoms with van der Waals surface area (Å²) in [6, 6.07) is 7.63. The average Bonchev–Trinajstić information content (AvgIpc) is 3.11. The highest BCUT2D eigenvalue weighted by molar-refractivity contribution is 5.63. The average molecular weight is 355 g/mol. The molecule has 134 valence electrons. The molecule has 1 N–H and O–H groups in total. The lowest BCUT2D eigenvalue weighted by atomic mass is 10.1. The summed E-state index contributed by atoms with van der Waals surface area (Å²) in [6.45, 7) is 4.31. The van der Waals surface area contributed by atoms with E-state index in [0.717, 1.165) is 37.8 Å². The van der Waals surface area contributed by atoms with E-state index in [1.807, 2.05) is 12.1 Å². The molecule has 0 aliphatic carbocycles. The standard InChI is InChI=1S/C19H19F2N5/c20-15-1-2-17(18(21)11-15)19-14(12-23-24-19)13-25-7-9-26(10-8-25)16-3-5-22-6-4-16/h1-6,11-12H,7-10,13H2,(H,23,24). The molecule has 1 aliphatic heterocycles. The predicted octanol–water partition coefficient (Wildman–Crippen LogP) is 3.07. The zero-order valence-electron chi connectivity index (χ0n) is 14.2. The largest absolute Gasteiger partial charge is 0.369 e. The van der Waals surface area contributed by atoms with Gasteiger partial charge < -0.3 is 4.90 Å². The van der Waals surface area contributed by atoms with Gasteiger partial charge in [-0.15, -0.1) is 0 Å². The number of hydrogen-bond acceptors (Lipinski definition) is 4. The van der Waals surface area contributed by atoms with E-state index < -0.39 is 11.6 Å². The van der Waals surface area contributed by atoms with Crippen molar-refractivity contribution >= 4 is 5.69 Å². The molecule has 7 heteroatoms. The molecule has 0 amide bonds. The van der Waals surface area contributed by atoms with Gasteiger partial charge in [-0.1, -0.05) is 0 Å². The Kier molecular flexibility index (Phi) is 4.62. The van der Waals surface area contributed by atoms with Crippen LogP contribution in [0.2, 0.25) is 0 Å². The topological polar surface area (TPSA) is 48.1 Å². The Morgan fingerprint density at radius 1 is 1.00 bits per heavy atom. The molecule has 26 heavy (non-hydrogen) atoms. The van der Waals surface area contributed by atoms with Crippen LogP contribution in [-0.4, -0.2) is 46.3 Å². The van der Waals surface area contributed by atoms with Gasteiger partial charge >= 0.3 is 0 Å². The summed E-state index contributed by atoms with van der Waals surface area (Å²) in [4.78, 5) is 8.69. The Bertz CT molecular complexity index is 873. The van der Waals surface area contributed by atoms with Crippen molar-refractivity contribution in [3.63, 3.8) is 0 Å². The number of benzene rings is 1. The van der Waals surface area contributed by atoms with Gasteiger partial charge in [-0.3, -0.25) is 15.0 Å². The minimum absolute atomic E-state index is 0.342. The number of nitrogens with zero attached hydrogens (tertiary/aromatic N) is 4. The molecule has 5 nitrogen and oxygen atoms in total. The minimum Gasteiger partial charge on any atom is -0.369 e. The van der Waals surface area contributed by atoms with Crippen LogP contribution in [0, 0.1) is 11.6 Å². The Morgan fingerprint density at radius 2 is 1.77 bits per heavy atom. The molecule has 0 radical (unpaired) electrons. The molecule has 3 aromatic rings. The van der Waals surface area contributed by atoms with E-state index in [1.165, 1.54) is 17.8 Å². The first-order chi connectivity index (χ1) is 12.7. The fraction of sp³-hybridized carbons (Fsp3) is 0.263. The first kappa shape index (κ1) is 16.7. The van der Waals surface area contributed by atoms with Gasteiger partial charge in [-0.25, -0.2) is 8.78 Å². The van der Waals surface area contributed by atoms with Crippen molar-refractivity contribution in [2.75, 3.05) is 31.1 Å². The molecule has 0 unspecified atom stereocenters. The van der Waals surface area contributed by atoms with Gasteiger partial charge in [0.1, 0.15) is 11.6 Å². The molecular weight excluding hydrogens is 336 g/mol. The normalized spacial score (nSPS) is 15.4. The second kappa shape index (κ2) is 7.21. The number of H-pyrrole nitrogens is 1. The molecule has 1 aromatic carbocycles. The Hall–Kier alpha value is -2.80. The number of aromatic amines is 1. The van der Waals surface area contributed by atoms with Crippen molar-refractivity contribution in [2.24, 2.45) is 0 Å². The summed E-state index contributed by atoms with van der Waals surface area (Å²) in [5.74, 6) is -1.17. The van der Waals surface area contributed by atoms with Crippen LogP contribution in [0.1, 0.15) is 5.56 Å². The van der Waals surface area contributed by atoms with Crippen molar-refractivity contribution in [3.8, 4) is 11.3 Å². The molecule has 0 bridgehead atoms. The SMILES string of the molecule is Fc1ccc(-c2[nH]ncc2CN2CCN(c3ccncc3)CC2)c(F)c1. The highest BCUT2D eigenvalue weighted by Gasteiger charge is 2.20. The van der Waals surface area contributed by atoms with Crippen LogP contribution in [0.5, 0.6) is 0 Å². The third-order valence-electron chi connectivity index (χ3n) is 4.71. The molecule has 0 atom stereocenters. The van der Waals surface area contributed by atoms with E-state index >= 15 is 0 Å². The van der Waals surface area contributed by atoms with Crippen LogP contribution in [0.25, 0.3) is 11.3 Å². The van der Waals surface area contributed by atoms with E-state index in [1.54, 1.807) is 18.6 Å². The summed E-state index contributed by atoms with van der Waals surface area (Å²) in [5, 5.41) is 6.91. The summed E-state index contributed by atoms with van der Waals surface area (Å²) < 4.78 is 27.3. The van der Waals surface area contributed by atoms with E-state index in [2.05, 4.69) is 25.0 Å². The Labute approximate surface area is 150 Å². The monoisotopic (exact) mass is 355 g/mol. The van der Waals surface area contributed by atoms with Gasteiger partial charge in [-0.05, 0) is 24.3 Å². The third kappa shape index (κ3) is 3.43. The molecule has 3 heterocycles. The molecule has 2 aromatic heterocycles. The summed E-state index contributed by atoms with van der Waals surface area (Å²) >= 11 is 0. The molecule has 4 rings (SSSR count). The second-order valence-corrected chi connectivity index (χ2v) is 6.36. The second-order valence-electron chi connectivity index (χ2n) is 6.36. The molecule has 1 saturated heterocycles. The van der Waals surface area contributed by atoms with Crippen LogP contribution in [0.3, 0.4) is 0 Å². The number of pyridine rings is 1. The summed E-state index contributed by atoms with van der Waals surface area (Å²) in [7, 11) is 0. The predicted molar refractivity (Wildman–Crippen MR) is 95.7 cm³/mol. The summed E-state index contributed by atoms with van der Waals surface area (Å²) in [5.41, 5.74) is 3.04. The van der Waals surface area contributed by atoms with Crippen molar-refractivity contribution in [1.82, 2.24) is 20.1 Å². The first-order valence-electron chi connectivity index (χ1n) is 8.56. The molecule has 1 aliphatic rings. The maximum Gasteiger partial charge on any atom is 0.135 e. The lowest BCUT2D eigenvalue weighted by Crippen LogP contribution is -2.46. The van der Waals surface area contributed by atoms with Crippen molar-refractivity contribution in [2.45, 2.75) is 6.54 Å². The van der Waals surface area contributed by atoms with Crippen molar-refractivity contribution < 1.29 is 8.78 Å². The van der Waals surface area contributed by atoms with E-state index in [0.29, 0.717) is 17.8 Å². The molecule has 0 spiro atoms. The zero-order valence-corrected chi connectivity index (χ0v) is 14.2. The van der Waals surface area contributed by atoms with E-state index in [-0.39, 0.29) is 0 Å². The number of hydrogen-bond donors (Lipinski definition) is 1. The first-order valence-corrected chi connectivity index (χ1v) is 8.56.